The number of amides is 1. The molecule has 1 aromatic carbocycles. The lowest BCUT2D eigenvalue weighted by Crippen LogP contribution is -2.38. The van der Waals surface area contributed by atoms with Crippen LogP contribution in [0.25, 0.3) is 0 Å². The summed E-state index contributed by atoms with van der Waals surface area (Å²) in [5, 5.41) is 0. The minimum Gasteiger partial charge on any atom is -0.491 e. The van der Waals surface area contributed by atoms with Crippen LogP contribution in [0.3, 0.4) is 0 Å². The van der Waals surface area contributed by atoms with Crippen molar-refractivity contribution in [1.29, 1.82) is 0 Å². The van der Waals surface area contributed by atoms with Crippen molar-refractivity contribution < 1.29 is 17.9 Å². The van der Waals surface area contributed by atoms with E-state index in [1.54, 1.807) is 17.0 Å². The van der Waals surface area contributed by atoms with Crippen LogP contribution in [-0.4, -0.2) is 45.0 Å². The van der Waals surface area contributed by atoms with Gasteiger partial charge in [0.05, 0.1) is 11.0 Å². The Bertz CT molecular complexity index is 640. The maximum atomic E-state index is 12.3. The van der Waals surface area contributed by atoms with E-state index in [1.165, 1.54) is 19.1 Å². The second kappa shape index (κ2) is 9.77. The average Bonchev–Trinajstić information content (AvgIpc) is 2.50. The van der Waals surface area contributed by atoms with Crippen molar-refractivity contribution in [1.82, 2.24) is 9.62 Å². The van der Waals surface area contributed by atoms with Gasteiger partial charge in [-0.3, -0.25) is 4.79 Å². The van der Waals surface area contributed by atoms with E-state index < -0.39 is 10.0 Å². The molecule has 1 amide bonds. The Labute approximate surface area is 151 Å². The fraction of sp³-hybridized carbons (Fsp3) is 0.611. The number of sulfonamides is 1. The van der Waals surface area contributed by atoms with Gasteiger partial charge in [-0.15, -0.1) is 0 Å². The molecule has 25 heavy (non-hydrogen) atoms. The van der Waals surface area contributed by atoms with Crippen molar-refractivity contribution in [2.24, 2.45) is 5.92 Å². The zero-order valence-electron chi connectivity index (χ0n) is 15.8. The first-order valence-corrected chi connectivity index (χ1v) is 10.1. The fourth-order valence-corrected chi connectivity index (χ4v) is 3.23. The SMILES string of the molecule is CC(=O)N(CCNS(=O)(=O)c1ccc(OC(C)C)cc1)CCC(C)C. The number of hydrogen-bond acceptors (Lipinski definition) is 4. The highest BCUT2D eigenvalue weighted by Crippen LogP contribution is 2.17. The van der Waals surface area contributed by atoms with Crippen LogP contribution in [0, 0.1) is 5.92 Å². The standard InChI is InChI=1S/C18H30N2O4S/c1-14(2)10-12-20(16(5)21)13-11-19-25(22,23)18-8-6-17(7-9-18)24-15(3)4/h6-9,14-15,19H,10-13H2,1-5H3. The monoisotopic (exact) mass is 370 g/mol. The number of nitrogens with one attached hydrogen (secondary N) is 1. The van der Waals surface area contributed by atoms with E-state index in [2.05, 4.69) is 18.6 Å². The number of nitrogens with zero attached hydrogens (tertiary/aromatic N) is 1. The number of carbonyl (C=O) groups excluding carboxylic acids is 1. The Hall–Kier alpha value is -1.60. The molecular formula is C18H30N2O4S. The summed E-state index contributed by atoms with van der Waals surface area (Å²) in [5.41, 5.74) is 0. The highest BCUT2D eigenvalue weighted by molar-refractivity contribution is 7.89. The molecule has 0 saturated heterocycles. The third kappa shape index (κ3) is 7.88. The van der Waals surface area contributed by atoms with Crippen LogP contribution in [0.1, 0.15) is 41.0 Å². The maximum absolute atomic E-state index is 12.3. The molecule has 0 aliphatic rings. The maximum Gasteiger partial charge on any atom is 0.240 e. The number of ether oxygens (including phenoxy) is 1. The molecule has 0 bridgehead atoms. The molecule has 1 N–H and O–H groups in total. The van der Waals surface area contributed by atoms with Crippen LogP contribution in [0.2, 0.25) is 0 Å². The molecule has 1 rings (SSSR count). The van der Waals surface area contributed by atoms with Gasteiger partial charge in [0.2, 0.25) is 15.9 Å². The number of hydrogen-bond donors (Lipinski definition) is 1. The lowest BCUT2D eigenvalue weighted by atomic mass is 10.1. The van der Waals surface area contributed by atoms with E-state index in [0.29, 0.717) is 24.8 Å². The van der Waals surface area contributed by atoms with Crippen LogP contribution in [0.4, 0.5) is 0 Å². The summed E-state index contributed by atoms with van der Waals surface area (Å²) in [5.74, 6) is 1.07. The Balaban J connectivity index is 2.60. The van der Waals surface area contributed by atoms with Crippen LogP contribution in [0.5, 0.6) is 5.75 Å². The van der Waals surface area contributed by atoms with Crippen LogP contribution in [-0.2, 0) is 14.8 Å². The second-order valence-corrected chi connectivity index (χ2v) is 8.49. The first-order valence-electron chi connectivity index (χ1n) is 8.63. The average molecular weight is 371 g/mol. The largest absolute Gasteiger partial charge is 0.491 e. The van der Waals surface area contributed by atoms with Gasteiger partial charge < -0.3 is 9.64 Å². The molecule has 7 heteroatoms. The second-order valence-electron chi connectivity index (χ2n) is 6.72. The lowest BCUT2D eigenvalue weighted by Gasteiger charge is -2.22. The molecule has 1 aromatic rings. The van der Waals surface area contributed by atoms with Gasteiger partial charge >= 0.3 is 0 Å². The molecule has 142 valence electrons. The van der Waals surface area contributed by atoms with Gasteiger partial charge in [-0.25, -0.2) is 13.1 Å². The summed E-state index contributed by atoms with van der Waals surface area (Å²) >= 11 is 0. The molecule has 0 aliphatic heterocycles. The van der Waals surface area contributed by atoms with Gasteiger partial charge in [-0.2, -0.15) is 0 Å². The van der Waals surface area contributed by atoms with Gasteiger partial charge in [0, 0.05) is 26.6 Å². The van der Waals surface area contributed by atoms with E-state index in [0.717, 1.165) is 6.42 Å². The molecule has 0 saturated carbocycles. The Kier molecular flexibility index (Phi) is 8.38. The minimum absolute atomic E-state index is 0.0315. The van der Waals surface area contributed by atoms with E-state index in [-0.39, 0.29) is 23.5 Å². The van der Waals surface area contributed by atoms with Crippen molar-refractivity contribution >= 4 is 15.9 Å². The molecule has 0 heterocycles. The van der Waals surface area contributed by atoms with Crippen molar-refractivity contribution in [3.63, 3.8) is 0 Å². The van der Waals surface area contributed by atoms with Crippen molar-refractivity contribution in [3.8, 4) is 5.75 Å². The Morgan fingerprint density at radius 2 is 1.72 bits per heavy atom. The van der Waals surface area contributed by atoms with Crippen molar-refractivity contribution in [2.75, 3.05) is 19.6 Å². The van der Waals surface area contributed by atoms with Crippen LogP contribution in [0.15, 0.2) is 29.2 Å². The Morgan fingerprint density at radius 3 is 2.20 bits per heavy atom. The summed E-state index contributed by atoms with van der Waals surface area (Å²) < 4.78 is 32.7. The van der Waals surface area contributed by atoms with E-state index >= 15 is 0 Å². The van der Waals surface area contributed by atoms with Gasteiger partial charge in [0.1, 0.15) is 5.75 Å². The lowest BCUT2D eigenvalue weighted by molar-refractivity contribution is -0.128. The molecule has 0 aromatic heterocycles. The van der Waals surface area contributed by atoms with Crippen molar-refractivity contribution in [3.05, 3.63) is 24.3 Å². The summed E-state index contributed by atoms with van der Waals surface area (Å²) in [6, 6.07) is 6.31. The first-order chi connectivity index (χ1) is 11.6. The molecule has 0 spiro atoms. The van der Waals surface area contributed by atoms with E-state index in [4.69, 9.17) is 4.74 Å². The summed E-state index contributed by atoms with van der Waals surface area (Å²) in [6.45, 7) is 10.7. The van der Waals surface area contributed by atoms with E-state index in [9.17, 15) is 13.2 Å². The zero-order valence-corrected chi connectivity index (χ0v) is 16.6. The van der Waals surface area contributed by atoms with Gasteiger partial charge in [-0.1, -0.05) is 13.8 Å². The molecule has 0 unspecified atom stereocenters. The minimum atomic E-state index is -3.60. The summed E-state index contributed by atoms with van der Waals surface area (Å²) in [4.78, 5) is 13.5. The van der Waals surface area contributed by atoms with Crippen LogP contribution < -0.4 is 9.46 Å². The van der Waals surface area contributed by atoms with E-state index in [1.807, 2.05) is 13.8 Å². The predicted molar refractivity (Wildman–Crippen MR) is 99.1 cm³/mol. The summed E-state index contributed by atoms with van der Waals surface area (Å²) in [6.07, 6.45) is 0.924. The number of benzene rings is 1. The quantitative estimate of drug-likeness (QED) is 0.687. The normalized spacial score (nSPS) is 11.8. The number of rotatable bonds is 10. The molecule has 0 radical (unpaired) electrons. The molecular weight excluding hydrogens is 340 g/mol. The van der Waals surface area contributed by atoms with Crippen LogP contribution >= 0.6 is 0 Å². The fourth-order valence-electron chi connectivity index (χ4n) is 2.21. The highest BCUT2D eigenvalue weighted by atomic mass is 32.2. The molecule has 0 atom stereocenters. The number of carbonyl (C=O) groups is 1. The summed E-state index contributed by atoms with van der Waals surface area (Å²) in [7, 11) is -3.60. The van der Waals surface area contributed by atoms with Gasteiger partial charge in [0.25, 0.3) is 0 Å². The molecule has 6 nitrogen and oxygen atoms in total. The van der Waals surface area contributed by atoms with Gasteiger partial charge in [-0.05, 0) is 50.5 Å². The zero-order chi connectivity index (χ0) is 19.0. The topological polar surface area (TPSA) is 75.7 Å². The highest BCUT2D eigenvalue weighted by Gasteiger charge is 2.15. The third-order valence-corrected chi connectivity index (χ3v) is 5.08. The molecule has 0 fully saturated rings. The van der Waals surface area contributed by atoms with Crippen molar-refractivity contribution in [2.45, 2.75) is 52.0 Å². The van der Waals surface area contributed by atoms with Gasteiger partial charge in [0.15, 0.2) is 0 Å². The third-order valence-electron chi connectivity index (χ3n) is 3.60. The predicted octanol–water partition coefficient (Wildman–Crippen LogP) is 2.65. The Morgan fingerprint density at radius 1 is 1.12 bits per heavy atom. The smallest absolute Gasteiger partial charge is 0.240 e. The molecule has 0 aliphatic carbocycles. The first kappa shape index (κ1) is 21.4.